The number of carbonyl (C=O) groups is 1. The Labute approximate surface area is 158 Å². The Balaban J connectivity index is 1.96. The normalized spacial score (nSPS) is 23.7. The quantitative estimate of drug-likeness (QED) is 0.784. The van der Waals surface area contributed by atoms with Crippen LogP contribution in [0.4, 0.5) is 0 Å². The number of hydrogen-bond acceptors (Lipinski definition) is 4. The molecule has 1 aromatic carbocycles. The standard InChI is InChI=1S/C21H35N3O2/c1-15(2)10-21(5,14-22)23-20(25)19-8-6-18(7-9-19)13-24-11-16(3)26-17(4)12-24/h6-9,15-17H,10-14,22H2,1-5H3,(H,23,25). The average Bonchev–Trinajstić information content (AvgIpc) is 2.53. The molecule has 1 fully saturated rings. The molecule has 1 heterocycles. The maximum absolute atomic E-state index is 12.6. The molecule has 3 unspecified atom stereocenters. The van der Waals surface area contributed by atoms with E-state index < -0.39 is 0 Å². The fourth-order valence-corrected chi connectivity index (χ4v) is 3.87. The lowest BCUT2D eigenvalue weighted by Gasteiger charge is -2.35. The van der Waals surface area contributed by atoms with Gasteiger partial charge in [-0.3, -0.25) is 9.69 Å². The van der Waals surface area contributed by atoms with Gasteiger partial charge in [0.1, 0.15) is 0 Å². The Bertz CT molecular complexity index is 577. The van der Waals surface area contributed by atoms with Gasteiger partial charge in [0.15, 0.2) is 0 Å². The molecule has 0 aromatic heterocycles. The number of morpholine rings is 1. The molecule has 0 aliphatic carbocycles. The van der Waals surface area contributed by atoms with E-state index in [1.54, 1.807) is 0 Å². The maximum atomic E-state index is 12.6. The molecule has 1 saturated heterocycles. The molecule has 5 heteroatoms. The Hall–Kier alpha value is -1.43. The van der Waals surface area contributed by atoms with Gasteiger partial charge in [0.2, 0.25) is 0 Å². The van der Waals surface area contributed by atoms with Crippen molar-refractivity contribution in [1.82, 2.24) is 10.2 Å². The number of rotatable bonds is 7. The van der Waals surface area contributed by atoms with Gasteiger partial charge in [-0.15, -0.1) is 0 Å². The van der Waals surface area contributed by atoms with Crippen molar-refractivity contribution in [2.75, 3.05) is 19.6 Å². The number of nitrogens with zero attached hydrogens (tertiary/aromatic N) is 1. The predicted molar refractivity (Wildman–Crippen MR) is 106 cm³/mol. The van der Waals surface area contributed by atoms with Crippen molar-refractivity contribution in [3.05, 3.63) is 35.4 Å². The third kappa shape index (κ3) is 6.08. The van der Waals surface area contributed by atoms with Crippen molar-refractivity contribution >= 4 is 5.91 Å². The summed E-state index contributed by atoms with van der Waals surface area (Å²) < 4.78 is 5.78. The zero-order valence-electron chi connectivity index (χ0n) is 16.9. The van der Waals surface area contributed by atoms with Gasteiger partial charge in [0.25, 0.3) is 5.91 Å². The Morgan fingerprint density at radius 1 is 1.27 bits per heavy atom. The molecule has 0 saturated carbocycles. The van der Waals surface area contributed by atoms with Crippen LogP contribution in [0.25, 0.3) is 0 Å². The van der Waals surface area contributed by atoms with E-state index in [0.717, 1.165) is 26.1 Å². The van der Waals surface area contributed by atoms with Gasteiger partial charge in [-0.1, -0.05) is 26.0 Å². The first-order chi connectivity index (χ1) is 12.2. The second-order valence-electron chi connectivity index (χ2n) is 8.47. The van der Waals surface area contributed by atoms with Crippen LogP contribution in [0.1, 0.15) is 57.0 Å². The summed E-state index contributed by atoms with van der Waals surface area (Å²) in [4.78, 5) is 15.0. The van der Waals surface area contributed by atoms with Crippen LogP contribution in [-0.4, -0.2) is 48.2 Å². The van der Waals surface area contributed by atoms with E-state index in [4.69, 9.17) is 10.5 Å². The van der Waals surface area contributed by atoms with Gasteiger partial charge in [-0.05, 0) is 50.8 Å². The fraction of sp³-hybridized carbons (Fsp3) is 0.667. The van der Waals surface area contributed by atoms with Crippen LogP contribution in [0.2, 0.25) is 0 Å². The number of nitrogens with one attached hydrogen (secondary N) is 1. The van der Waals surface area contributed by atoms with Crippen molar-refractivity contribution in [1.29, 1.82) is 0 Å². The highest BCUT2D eigenvalue weighted by atomic mass is 16.5. The molecule has 1 aromatic rings. The Morgan fingerprint density at radius 3 is 2.35 bits per heavy atom. The van der Waals surface area contributed by atoms with E-state index in [2.05, 4.69) is 37.9 Å². The molecule has 3 N–H and O–H groups in total. The van der Waals surface area contributed by atoms with Crippen molar-refractivity contribution in [2.24, 2.45) is 11.7 Å². The van der Waals surface area contributed by atoms with E-state index in [1.807, 2.05) is 31.2 Å². The van der Waals surface area contributed by atoms with Gasteiger partial charge in [-0.2, -0.15) is 0 Å². The lowest BCUT2D eigenvalue weighted by molar-refractivity contribution is -0.0704. The number of nitrogens with two attached hydrogens (primary N) is 1. The first kappa shape index (κ1) is 20.9. The third-order valence-corrected chi connectivity index (χ3v) is 4.84. The number of amides is 1. The molecular weight excluding hydrogens is 326 g/mol. The SMILES string of the molecule is CC(C)CC(C)(CN)NC(=O)c1ccc(CN2CC(C)OC(C)C2)cc1. The highest BCUT2D eigenvalue weighted by Gasteiger charge is 2.26. The molecule has 1 aliphatic rings. The average molecular weight is 362 g/mol. The van der Waals surface area contributed by atoms with E-state index in [0.29, 0.717) is 18.0 Å². The number of benzene rings is 1. The summed E-state index contributed by atoms with van der Waals surface area (Å²) in [6, 6.07) is 7.90. The molecule has 1 amide bonds. The minimum Gasteiger partial charge on any atom is -0.373 e. The van der Waals surface area contributed by atoms with Gasteiger partial charge >= 0.3 is 0 Å². The van der Waals surface area contributed by atoms with Crippen LogP contribution in [0.5, 0.6) is 0 Å². The molecule has 0 bridgehead atoms. The summed E-state index contributed by atoms with van der Waals surface area (Å²) >= 11 is 0. The van der Waals surface area contributed by atoms with Crippen LogP contribution in [0.3, 0.4) is 0 Å². The molecule has 146 valence electrons. The minimum atomic E-state index is -0.371. The summed E-state index contributed by atoms with van der Waals surface area (Å²) in [5.74, 6) is 0.420. The van der Waals surface area contributed by atoms with Crippen LogP contribution >= 0.6 is 0 Å². The smallest absolute Gasteiger partial charge is 0.251 e. The molecule has 0 spiro atoms. The van der Waals surface area contributed by atoms with Gasteiger partial charge in [0.05, 0.1) is 12.2 Å². The Kier molecular flexibility index (Phi) is 7.21. The van der Waals surface area contributed by atoms with Gasteiger partial charge in [-0.25, -0.2) is 0 Å². The molecule has 26 heavy (non-hydrogen) atoms. The van der Waals surface area contributed by atoms with Gasteiger partial charge < -0.3 is 15.8 Å². The largest absolute Gasteiger partial charge is 0.373 e. The van der Waals surface area contributed by atoms with Crippen molar-refractivity contribution in [3.63, 3.8) is 0 Å². The molecular formula is C21H35N3O2. The van der Waals surface area contributed by atoms with E-state index in [9.17, 15) is 4.79 Å². The minimum absolute atomic E-state index is 0.0567. The van der Waals surface area contributed by atoms with Crippen LogP contribution in [-0.2, 0) is 11.3 Å². The number of ether oxygens (including phenoxy) is 1. The van der Waals surface area contributed by atoms with Crippen LogP contribution < -0.4 is 11.1 Å². The molecule has 3 atom stereocenters. The fourth-order valence-electron chi connectivity index (χ4n) is 3.87. The van der Waals surface area contributed by atoms with Crippen molar-refractivity contribution < 1.29 is 9.53 Å². The molecule has 1 aliphatic heterocycles. The van der Waals surface area contributed by atoms with Crippen LogP contribution in [0, 0.1) is 5.92 Å². The molecule has 5 nitrogen and oxygen atoms in total. The second kappa shape index (κ2) is 8.98. The summed E-state index contributed by atoms with van der Waals surface area (Å²) in [5, 5.41) is 3.11. The van der Waals surface area contributed by atoms with E-state index in [1.165, 1.54) is 5.56 Å². The summed E-state index contributed by atoms with van der Waals surface area (Å²) in [5.41, 5.74) is 7.43. The topological polar surface area (TPSA) is 67.6 Å². The van der Waals surface area contributed by atoms with Crippen molar-refractivity contribution in [3.8, 4) is 0 Å². The second-order valence-corrected chi connectivity index (χ2v) is 8.47. The summed E-state index contributed by atoms with van der Waals surface area (Å²) in [7, 11) is 0. The highest BCUT2D eigenvalue weighted by Crippen LogP contribution is 2.17. The monoisotopic (exact) mass is 361 g/mol. The predicted octanol–water partition coefficient (Wildman–Crippen LogP) is 2.79. The lowest BCUT2D eigenvalue weighted by Crippen LogP contribution is -2.52. The number of hydrogen-bond donors (Lipinski definition) is 2. The lowest BCUT2D eigenvalue weighted by atomic mass is 9.90. The highest BCUT2D eigenvalue weighted by molar-refractivity contribution is 5.94. The maximum Gasteiger partial charge on any atom is 0.251 e. The van der Waals surface area contributed by atoms with E-state index in [-0.39, 0.29) is 23.7 Å². The molecule has 2 rings (SSSR count). The zero-order valence-corrected chi connectivity index (χ0v) is 16.9. The summed E-state index contributed by atoms with van der Waals surface area (Å²) in [6.07, 6.45) is 1.39. The van der Waals surface area contributed by atoms with Crippen LogP contribution in [0.15, 0.2) is 24.3 Å². The van der Waals surface area contributed by atoms with E-state index >= 15 is 0 Å². The number of carbonyl (C=O) groups excluding carboxylic acids is 1. The van der Waals surface area contributed by atoms with Gasteiger partial charge in [0, 0.05) is 37.3 Å². The van der Waals surface area contributed by atoms with Crippen molar-refractivity contribution in [2.45, 2.75) is 65.3 Å². The first-order valence-corrected chi connectivity index (χ1v) is 9.70. The third-order valence-electron chi connectivity index (χ3n) is 4.84. The first-order valence-electron chi connectivity index (χ1n) is 9.70. The molecule has 0 radical (unpaired) electrons. The zero-order chi connectivity index (χ0) is 19.3. The Morgan fingerprint density at radius 2 is 1.85 bits per heavy atom. The summed E-state index contributed by atoms with van der Waals surface area (Å²) in [6.45, 7) is 13.7.